The van der Waals surface area contributed by atoms with E-state index in [9.17, 15) is 5.26 Å². The lowest BCUT2D eigenvalue weighted by molar-refractivity contribution is 0.581. The highest BCUT2D eigenvalue weighted by Crippen LogP contribution is 2.38. The number of nitrogens with two attached hydrogens (primary N) is 1. The number of nitrogens with zero attached hydrogens (tertiary/aromatic N) is 2. The highest BCUT2D eigenvalue weighted by molar-refractivity contribution is 6.36. The molecule has 114 valence electrons. The molecule has 2 aromatic heterocycles. The van der Waals surface area contributed by atoms with Crippen molar-refractivity contribution in [3.63, 3.8) is 0 Å². The topological polar surface area (TPSA) is 75.8 Å². The smallest absolute Gasteiger partial charge is 0.142 e. The van der Waals surface area contributed by atoms with Gasteiger partial charge in [-0.25, -0.2) is 4.98 Å². The lowest BCUT2D eigenvalue weighted by Gasteiger charge is -2.14. The van der Waals surface area contributed by atoms with Crippen molar-refractivity contribution in [2.45, 2.75) is 6.92 Å². The number of aromatic nitrogens is 1. The van der Waals surface area contributed by atoms with Crippen LogP contribution in [0.15, 0.2) is 41.0 Å². The van der Waals surface area contributed by atoms with Crippen LogP contribution < -0.4 is 5.73 Å². The molecule has 0 aliphatic rings. The van der Waals surface area contributed by atoms with E-state index in [1.807, 2.05) is 6.92 Å². The zero-order valence-corrected chi connectivity index (χ0v) is 13.6. The van der Waals surface area contributed by atoms with Crippen molar-refractivity contribution in [1.82, 2.24) is 4.98 Å². The number of benzene rings is 1. The summed E-state index contributed by atoms with van der Waals surface area (Å²) in [5.74, 6) is 0.685. The molecule has 3 aromatic rings. The van der Waals surface area contributed by atoms with Crippen molar-refractivity contribution in [3.05, 3.63) is 57.8 Å². The van der Waals surface area contributed by atoms with Crippen LogP contribution in [0.25, 0.3) is 22.6 Å². The SMILES string of the molecule is Cc1c(-c2ccc(Cl)cc2Cl)nc(N)c(C#N)c1-c1ccco1. The minimum Gasteiger partial charge on any atom is -0.464 e. The van der Waals surface area contributed by atoms with Crippen molar-refractivity contribution in [2.24, 2.45) is 0 Å². The first kappa shape index (κ1) is 15.4. The second-order valence-electron chi connectivity index (χ2n) is 4.93. The van der Waals surface area contributed by atoms with Gasteiger partial charge in [0, 0.05) is 16.1 Å². The van der Waals surface area contributed by atoms with Gasteiger partial charge in [-0.1, -0.05) is 23.2 Å². The van der Waals surface area contributed by atoms with Gasteiger partial charge in [-0.3, -0.25) is 0 Å². The fourth-order valence-electron chi connectivity index (χ4n) is 2.48. The van der Waals surface area contributed by atoms with E-state index in [2.05, 4.69) is 11.1 Å². The molecule has 0 atom stereocenters. The Labute approximate surface area is 143 Å². The lowest BCUT2D eigenvalue weighted by Crippen LogP contribution is -2.03. The molecule has 0 spiro atoms. The molecule has 23 heavy (non-hydrogen) atoms. The fraction of sp³-hybridized carbons (Fsp3) is 0.0588. The summed E-state index contributed by atoms with van der Waals surface area (Å²) in [6.07, 6.45) is 1.54. The Kier molecular flexibility index (Phi) is 3.99. The van der Waals surface area contributed by atoms with E-state index >= 15 is 0 Å². The molecule has 0 amide bonds. The highest BCUT2D eigenvalue weighted by atomic mass is 35.5. The number of pyridine rings is 1. The molecule has 2 N–H and O–H groups in total. The minimum absolute atomic E-state index is 0.130. The number of rotatable bonds is 2. The van der Waals surface area contributed by atoms with E-state index in [4.69, 9.17) is 33.4 Å². The fourth-order valence-corrected chi connectivity index (χ4v) is 2.98. The van der Waals surface area contributed by atoms with E-state index in [-0.39, 0.29) is 11.4 Å². The molecule has 0 unspecified atom stereocenters. The minimum atomic E-state index is 0.130. The van der Waals surface area contributed by atoms with E-state index in [0.717, 1.165) is 5.56 Å². The number of halogens is 2. The van der Waals surface area contributed by atoms with Gasteiger partial charge in [0.1, 0.15) is 23.2 Å². The number of anilines is 1. The normalized spacial score (nSPS) is 10.5. The van der Waals surface area contributed by atoms with Crippen LogP contribution in [0.2, 0.25) is 10.0 Å². The van der Waals surface area contributed by atoms with Crippen LogP contribution in [-0.2, 0) is 0 Å². The summed E-state index contributed by atoms with van der Waals surface area (Å²) in [5.41, 5.74) is 8.92. The van der Waals surface area contributed by atoms with Crippen molar-refractivity contribution < 1.29 is 4.42 Å². The van der Waals surface area contributed by atoms with Gasteiger partial charge in [0.05, 0.1) is 17.0 Å². The van der Waals surface area contributed by atoms with Crippen molar-refractivity contribution >= 4 is 29.0 Å². The number of hydrogen-bond acceptors (Lipinski definition) is 4. The van der Waals surface area contributed by atoms with Gasteiger partial charge in [-0.15, -0.1) is 0 Å². The number of nitrogen functional groups attached to an aromatic ring is 1. The quantitative estimate of drug-likeness (QED) is 0.703. The molecular weight excluding hydrogens is 333 g/mol. The van der Waals surface area contributed by atoms with Crippen LogP contribution in [-0.4, -0.2) is 4.98 Å². The average Bonchev–Trinajstić information content (AvgIpc) is 3.03. The first-order valence-corrected chi connectivity index (χ1v) is 7.48. The number of furan rings is 1. The molecule has 0 aliphatic heterocycles. The van der Waals surface area contributed by atoms with Gasteiger partial charge < -0.3 is 10.2 Å². The van der Waals surface area contributed by atoms with Gasteiger partial charge in [-0.2, -0.15) is 5.26 Å². The van der Waals surface area contributed by atoms with E-state index in [0.29, 0.717) is 32.6 Å². The molecular formula is C17H11Cl2N3O. The van der Waals surface area contributed by atoms with Crippen LogP contribution in [0.3, 0.4) is 0 Å². The second-order valence-corrected chi connectivity index (χ2v) is 5.78. The molecule has 4 nitrogen and oxygen atoms in total. The van der Waals surface area contributed by atoms with Crippen LogP contribution in [0.4, 0.5) is 5.82 Å². The van der Waals surface area contributed by atoms with Crippen LogP contribution in [0.5, 0.6) is 0 Å². The summed E-state index contributed by atoms with van der Waals surface area (Å²) in [6.45, 7) is 1.85. The van der Waals surface area contributed by atoms with E-state index in [1.165, 1.54) is 0 Å². The monoisotopic (exact) mass is 343 g/mol. The van der Waals surface area contributed by atoms with Crippen molar-refractivity contribution in [1.29, 1.82) is 5.26 Å². The average molecular weight is 344 g/mol. The zero-order chi connectivity index (χ0) is 16.6. The van der Waals surface area contributed by atoms with E-state index in [1.54, 1.807) is 36.6 Å². The number of hydrogen-bond donors (Lipinski definition) is 1. The summed E-state index contributed by atoms with van der Waals surface area (Å²) in [4.78, 5) is 4.36. The van der Waals surface area contributed by atoms with Crippen LogP contribution >= 0.6 is 23.2 Å². The predicted octanol–water partition coefficient (Wildman–Crippen LogP) is 5.08. The van der Waals surface area contributed by atoms with Gasteiger partial charge in [-0.05, 0) is 42.8 Å². The van der Waals surface area contributed by atoms with Crippen LogP contribution in [0.1, 0.15) is 11.1 Å². The standard InChI is InChI=1S/C17H11Cl2N3O/c1-9-15(14-3-2-6-23-14)12(8-20)17(21)22-16(9)11-5-4-10(18)7-13(11)19/h2-7H,1H3,(H2,21,22). The first-order chi connectivity index (χ1) is 11.0. The zero-order valence-electron chi connectivity index (χ0n) is 12.1. The maximum absolute atomic E-state index is 9.42. The molecule has 0 saturated heterocycles. The summed E-state index contributed by atoms with van der Waals surface area (Å²) in [6, 6.07) is 10.8. The molecule has 0 bridgehead atoms. The third kappa shape index (κ3) is 2.65. The molecule has 1 aromatic carbocycles. The molecule has 6 heteroatoms. The number of nitriles is 1. The van der Waals surface area contributed by atoms with Crippen LogP contribution in [0, 0.1) is 18.3 Å². The maximum Gasteiger partial charge on any atom is 0.142 e. The van der Waals surface area contributed by atoms with E-state index < -0.39 is 0 Å². The summed E-state index contributed by atoms with van der Waals surface area (Å²) in [7, 11) is 0. The molecule has 0 aliphatic carbocycles. The van der Waals surface area contributed by atoms with Crippen molar-refractivity contribution in [2.75, 3.05) is 5.73 Å². The van der Waals surface area contributed by atoms with Gasteiger partial charge in [0.2, 0.25) is 0 Å². The van der Waals surface area contributed by atoms with Gasteiger partial charge >= 0.3 is 0 Å². The summed E-state index contributed by atoms with van der Waals surface area (Å²) in [5, 5.41) is 10.4. The van der Waals surface area contributed by atoms with Gasteiger partial charge in [0.25, 0.3) is 0 Å². The highest BCUT2D eigenvalue weighted by Gasteiger charge is 2.21. The third-order valence-electron chi connectivity index (χ3n) is 3.53. The lowest BCUT2D eigenvalue weighted by atomic mass is 9.96. The Bertz CT molecular complexity index is 928. The maximum atomic E-state index is 9.42. The molecule has 3 rings (SSSR count). The Hall–Kier alpha value is -2.48. The third-order valence-corrected chi connectivity index (χ3v) is 4.08. The molecule has 0 fully saturated rings. The first-order valence-electron chi connectivity index (χ1n) is 6.72. The predicted molar refractivity (Wildman–Crippen MR) is 91.3 cm³/mol. The van der Waals surface area contributed by atoms with Gasteiger partial charge in [0.15, 0.2) is 0 Å². The summed E-state index contributed by atoms with van der Waals surface area (Å²) >= 11 is 12.2. The largest absolute Gasteiger partial charge is 0.464 e. The molecule has 0 saturated carbocycles. The summed E-state index contributed by atoms with van der Waals surface area (Å²) < 4.78 is 5.45. The second kappa shape index (κ2) is 5.96. The Balaban J connectivity index is 2.34. The Morgan fingerprint density at radius 3 is 2.65 bits per heavy atom. The Morgan fingerprint density at radius 2 is 2.04 bits per heavy atom. The molecule has 2 heterocycles. The Morgan fingerprint density at radius 1 is 1.26 bits per heavy atom. The molecule has 0 radical (unpaired) electrons. The van der Waals surface area contributed by atoms with Crippen molar-refractivity contribution in [3.8, 4) is 28.7 Å².